The van der Waals surface area contributed by atoms with Gasteiger partial charge in [-0.1, -0.05) is 0 Å². The van der Waals surface area contributed by atoms with Crippen LogP contribution in [-0.4, -0.2) is 0 Å². The Labute approximate surface area is 145 Å². The first kappa shape index (κ1) is 19.4. The van der Waals surface area contributed by atoms with Crippen LogP contribution in [0, 0.1) is 11.8 Å². The number of allylic oxidation sites excluding steroid dienone is 8. The van der Waals surface area contributed by atoms with E-state index in [9.17, 15) is 0 Å². The van der Waals surface area contributed by atoms with Gasteiger partial charge in [0.15, 0.2) is 0 Å². The predicted molar refractivity (Wildman–Crippen MR) is 70.2 cm³/mol. The molecule has 3 heteroatoms. The van der Waals surface area contributed by atoms with Crippen molar-refractivity contribution in [2.45, 2.75) is 41.5 Å². The van der Waals surface area contributed by atoms with E-state index in [4.69, 9.17) is 0 Å². The molecular formula is C16H21Cl2Zr. The van der Waals surface area contributed by atoms with Gasteiger partial charge in [-0.05, 0) is 0 Å². The van der Waals surface area contributed by atoms with Crippen molar-refractivity contribution < 1.29 is 49.5 Å². The summed E-state index contributed by atoms with van der Waals surface area (Å²) in [5.41, 5.74) is 9.28. The van der Waals surface area contributed by atoms with Gasteiger partial charge in [-0.25, -0.2) is 0 Å². The fourth-order valence-corrected chi connectivity index (χ4v) is 4.03. The minimum absolute atomic E-state index is 0. The van der Waals surface area contributed by atoms with Crippen LogP contribution in [0.4, 0.5) is 0 Å². The summed E-state index contributed by atoms with van der Waals surface area (Å²) in [6.45, 7) is 13.8. The molecule has 0 nitrogen and oxygen atoms in total. The zero-order valence-corrected chi connectivity index (χ0v) is 16.5. The van der Waals surface area contributed by atoms with Crippen molar-refractivity contribution in [3.63, 3.8) is 0 Å². The molecule has 2 aliphatic carbocycles. The van der Waals surface area contributed by atoms with Crippen LogP contribution in [0.25, 0.3) is 0 Å². The number of hydrogen-bond donors (Lipinski definition) is 0. The van der Waals surface area contributed by atoms with Gasteiger partial charge in [0.05, 0.1) is 0 Å². The first-order chi connectivity index (χ1) is 7.86. The van der Waals surface area contributed by atoms with Gasteiger partial charge in [0.1, 0.15) is 0 Å². The third-order valence-electron chi connectivity index (χ3n) is 4.48. The van der Waals surface area contributed by atoms with Gasteiger partial charge in [0, 0.05) is 0 Å². The van der Waals surface area contributed by atoms with E-state index in [0.717, 1.165) is 0 Å². The molecule has 0 aromatic carbocycles. The molecule has 0 amide bonds. The minimum Gasteiger partial charge on any atom is -1.00 e. The SMILES string of the molecule is CC1=CC(C)C(C2=C(C)C(C)=[C]([Zr+2])C2C)=C1C.[Cl-].[Cl-]. The van der Waals surface area contributed by atoms with Crippen LogP contribution >= 0.6 is 0 Å². The molecule has 19 heavy (non-hydrogen) atoms. The Balaban J connectivity index is 0.00000162. The van der Waals surface area contributed by atoms with Crippen LogP contribution in [0.3, 0.4) is 0 Å². The Morgan fingerprint density at radius 2 is 1.37 bits per heavy atom. The van der Waals surface area contributed by atoms with E-state index >= 15 is 0 Å². The molecule has 0 bridgehead atoms. The van der Waals surface area contributed by atoms with Gasteiger partial charge in [-0.15, -0.1) is 0 Å². The van der Waals surface area contributed by atoms with E-state index in [-0.39, 0.29) is 24.8 Å². The van der Waals surface area contributed by atoms with Crippen LogP contribution < -0.4 is 24.8 Å². The van der Waals surface area contributed by atoms with Gasteiger partial charge >= 0.3 is 121 Å². The summed E-state index contributed by atoms with van der Waals surface area (Å²) in [5.74, 6) is 1.23. The molecule has 2 rings (SSSR count). The normalized spacial score (nSPS) is 26.6. The largest absolute Gasteiger partial charge is 1.00 e. The molecule has 0 heterocycles. The maximum absolute atomic E-state index is 2.41. The monoisotopic (exact) mass is 373 g/mol. The maximum atomic E-state index is 2.41. The van der Waals surface area contributed by atoms with E-state index < -0.39 is 0 Å². The Bertz CT molecular complexity index is 507. The van der Waals surface area contributed by atoms with Crippen molar-refractivity contribution in [1.82, 2.24) is 0 Å². The average Bonchev–Trinajstić information content (AvgIpc) is 2.61. The second kappa shape index (κ2) is 6.92. The zero-order valence-electron chi connectivity index (χ0n) is 12.5. The fourth-order valence-electron chi connectivity index (χ4n) is 3.22. The smallest absolute Gasteiger partial charge is 1.00 e. The van der Waals surface area contributed by atoms with Gasteiger partial charge in [-0.3, -0.25) is 0 Å². The number of hydrogen-bond acceptors (Lipinski definition) is 0. The van der Waals surface area contributed by atoms with Crippen LogP contribution in [0.1, 0.15) is 41.5 Å². The minimum atomic E-state index is 0. The number of halogens is 2. The third kappa shape index (κ3) is 3.04. The van der Waals surface area contributed by atoms with Crippen LogP contribution in [0.15, 0.2) is 42.8 Å². The van der Waals surface area contributed by atoms with Crippen LogP contribution in [0.5, 0.6) is 0 Å². The Kier molecular flexibility index (Phi) is 7.08. The van der Waals surface area contributed by atoms with Crippen molar-refractivity contribution in [1.29, 1.82) is 0 Å². The van der Waals surface area contributed by atoms with Gasteiger partial charge in [0.2, 0.25) is 0 Å². The summed E-state index contributed by atoms with van der Waals surface area (Å²) in [6.07, 6.45) is 2.41. The summed E-state index contributed by atoms with van der Waals surface area (Å²) in [4.78, 5) is 0. The molecule has 2 unspecified atom stereocenters. The first-order valence-corrected chi connectivity index (χ1v) is 7.62. The van der Waals surface area contributed by atoms with Crippen molar-refractivity contribution in [3.05, 3.63) is 42.8 Å². The van der Waals surface area contributed by atoms with E-state index in [1.165, 1.54) is 16.7 Å². The zero-order chi connectivity index (χ0) is 12.9. The second-order valence-corrected chi connectivity index (χ2v) is 6.80. The van der Waals surface area contributed by atoms with E-state index in [0.29, 0.717) is 11.8 Å². The molecule has 0 N–H and O–H groups in total. The molecule has 0 aromatic heterocycles. The molecule has 0 saturated heterocycles. The first-order valence-electron chi connectivity index (χ1n) is 6.39. The summed E-state index contributed by atoms with van der Waals surface area (Å²) in [7, 11) is 0. The molecule has 0 spiro atoms. The van der Waals surface area contributed by atoms with Gasteiger partial charge < -0.3 is 24.8 Å². The van der Waals surface area contributed by atoms with Crippen molar-refractivity contribution >= 4 is 0 Å². The summed E-state index contributed by atoms with van der Waals surface area (Å²) < 4.78 is 1.64. The summed E-state index contributed by atoms with van der Waals surface area (Å²) in [5, 5.41) is 0. The standard InChI is InChI=1S/C16H21.2ClH.Zr/c1-9-7-11(3)15(13(9)5)16-12(4)8-10(2)14(16)6;;;/h7,11-12H,1-6H3;2*1H;/q;;;+2/p-2. The molecule has 103 valence electrons. The van der Waals surface area contributed by atoms with E-state index in [1.807, 2.05) is 0 Å². The fraction of sp³-hybridized carbons (Fsp3) is 0.500. The van der Waals surface area contributed by atoms with Crippen LogP contribution in [0.2, 0.25) is 0 Å². The van der Waals surface area contributed by atoms with Crippen molar-refractivity contribution in [2.75, 3.05) is 0 Å². The van der Waals surface area contributed by atoms with Crippen LogP contribution in [-0.2, 0) is 24.7 Å². The second-order valence-electron chi connectivity index (χ2n) is 5.48. The number of rotatable bonds is 1. The maximum Gasteiger partial charge on any atom is -1.00 e. The molecule has 2 atom stereocenters. The average molecular weight is 375 g/mol. The Hall–Kier alpha value is 0.423. The topological polar surface area (TPSA) is 0 Å². The molecule has 0 aliphatic heterocycles. The summed E-state index contributed by atoms with van der Waals surface area (Å²) in [6, 6.07) is 0. The molecule has 0 saturated carbocycles. The molecular weight excluding hydrogens is 354 g/mol. The van der Waals surface area contributed by atoms with E-state index in [2.05, 4.69) is 47.6 Å². The molecule has 2 aliphatic rings. The van der Waals surface area contributed by atoms with Gasteiger partial charge in [-0.2, -0.15) is 0 Å². The molecule has 0 fully saturated rings. The van der Waals surface area contributed by atoms with Gasteiger partial charge in [0.25, 0.3) is 0 Å². The molecule has 0 aromatic rings. The Morgan fingerprint density at radius 3 is 1.68 bits per heavy atom. The third-order valence-corrected chi connectivity index (χ3v) is 6.46. The Morgan fingerprint density at radius 1 is 0.842 bits per heavy atom. The summed E-state index contributed by atoms with van der Waals surface area (Å²) >= 11 is 1.58. The molecule has 0 radical (unpaired) electrons. The van der Waals surface area contributed by atoms with Crippen molar-refractivity contribution in [2.24, 2.45) is 11.8 Å². The van der Waals surface area contributed by atoms with Crippen molar-refractivity contribution in [3.8, 4) is 0 Å². The quantitative estimate of drug-likeness (QED) is 0.534. The van der Waals surface area contributed by atoms with E-state index in [1.54, 1.807) is 44.7 Å². The predicted octanol–water partition coefficient (Wildman–Crippen LogP) is -1.31.